The summed E-state index contributed by atoms with van der Waals surface area (Å²) < 4.78 is 27.6. The van der Waals surface area contributed by atoms with E-state index in [1.165, 1.54) is 23.2 Å². The Morgan fingerprint density at radius 1 is 0.914 bits per heavy atom. The van der Waals surface area contributed by atoms with Crippen molar-refractivity contribution in [1.29, 1.82) is 0 Å². The highest BCUT2D eigenvalue weighted by atomic mass is 35.5. The SMILES string of the molecule is O=C(CN1CCN(c2ccccc2F)CC1)N1N=C(c2ccc(F)cc2)C[C@H]1c1ccccc1Cl. The molecule has 0 bridgehead atoms. The zero-order valence-electron chi connectivity index (χ0n) is 19.1. The summed E-state index contributed by atoms with van der Waals surface area (Å²) in [6, 6.07) is 20.0. The molecule has 180 valence electrons. The fourth-order valence-corrected chi connectivity index (χ4v) is 4.93. The van der Waals surface area contributed by atoms with Gasteiger partial charge in [0.2, 0.25) is 0 Å². The molecule has 0 aromatic heterocycles. The number of halogens is 3. The molecule has 8 heteroatoms. The number of para-hydroxylation sites is 1. The monoisotopic (exact) mass is 494 g/mol. The third-order valence-corrected chi connectivity index (χ3v) is 6.88. The van der Waals surface area contributed by atoms with Gasteiger partial charge in [-0.15, -0.1) is 0 Å². The molecule has 1 amide bonds. The Balaban J connectivity index is 1.32. The summed E-state index contributed by atoms with van der Waals surface area (Å²) in [7, 11) is 0. The second-order valence-electron chi connectivity index (χ2n) is 8.75. The molecule has 1 fully saturated rings. The minimum Gasteiger partial charge on any atom is -0.367 e. The molecule has 0 saturated carbocycles. The number of hydrogen-bond acceptors (Lipinski definition) is 4. The second kappa shape index (κ2) is 10.1. The lowest BCUT2D eigenvalue weighted by atomic mass is 9.98. The van der Waals surface area contributed by atoms with E-state index in [1.54, 1.807) is 30.3 Å². The first-order valence-electron chi connectivity index (χ1n) is 11.6. The van der Waals surface area contributed by atoms with Crippen molar-refractivity contribution < 1.29 is 13.6 Å². The van der Waals surface area contributed by atoms with Crippen LogP contribution in [-0.2, 0) is 4.79 Å². The molecule has 2 aliphatic rings. The van der Waals surface area contributed by atoms with Crippen molar-refractivity contribution in [2.24, 2.45) is 5.10 Å². The van der Waals surface area contributed by atoms with Gasteiger partial charge in [-0.05, 0) is 41.5 Å². The van der Waals surface area contributed by atoms with Gasteiger partial charge in [0.25, 0.3) is 5.91 Å². The lowest BCUT2D eigenvalue weighted by Crippen LogP contribution is -2.49. The number of carbonyl (C=O) groups excluding carboxylic acids is 1. The molecule has 2 heterocycles. The number of carbonyl (C=O) groups is 1. The van der Waals surface area contributed by atoms with Gasteiger partial charge in [0.05, 0.1) is 24.0 Å². The Morgan fingerprint density at radius 2 is 1.60 bits per heavy atom. The van der Waals surface area contributed by atoms with Crippen LogP contribution in [0.15, 0.2) is 77.9 Å². The molecule has 0 radical (unpaired) electrons. The van der Waals surface area contributed by atoms with E-state index in [0.717, 1.165) is 11.1 Å². The van der Waals surface area contributed by atoms with Gasteiger partial charge in [-0.2, -0.15) is 5.10 Å². The van der Waals surface area contributed by atoms with Gasteiger partial charge < -0.3 is 4.90 Å². The summed E-state index contributed by atoms with van der Waals surface area (Å²) in [6.07, 6.45) is 0.488. The number of rotatable bonds is 5. The normalized spacial score (nSPS) is 18.6. The maximum Gasteiger partial charge on any atom is 0.257 e. The molecule has 3 aromatic rings. The van der Waals surface area contributed by atoms with E-state index >= 15 is 0 Å². The maximum atomic E-state index is 14.2. The molecule has 35 heavy (non-hydrogen) atoms. The van der Waals surface area contributed by atoms with Crippen LogP contribution in [0, 0.1) is 11.6 Å². The third kappa shape index (κ3) is 5.06. The smallest absolute Gasteiger partial charge is 0.257 e. The van der Waals surface area contributed by atoms with Gasteiger partial charge in [0.15, 0.2) is 0 Å². The lowest BCUT2D eigenvalue weighted by molar-refractivity contribution is -0.134. The van der Waals surface area contributed by atoms with E-state index in [9.17, 15) is 13.6 Å². The highest BCUT2D eigenvalue weighted by Gasteiger charge is 2.35. The molecule has 1 saturated heterocycles. The predicted molar refractivity (Wildman–Crippen MR) is 134 cm³/mol. The Hall–Kier alpha value is -3.29. The van der Waals surface area contributed by atoms with E-state index in [2.05, 4.69) is 10.0 Å². The van der Waals surface area contributed by atoms with Crippen LogP contribution in [0.25, 0.3) is 0 Å². The lowest BCUT2D eigenvalue weighted by Gasteiger charge is -2.36. The predicted octanol–water partition coefficient (Wildman–Crippen LogP) is 5.12. The second-order valence-corrected chi connectivity index (χ2v) is 9.16. The van der Waals surface area contributed by atoms with E-state index < -0.39 is 0 Å². The molecule has 0 spiro atoms. The average Bonchev–Trinajstić information content (AvgIpc) is 3.31. The summed E-state index contributed by atoms with van der Waals surface area (Å²) in [5, 5.41) is 6.75. The van der Waals surface area contributed by atoms with Crippen molar-refractivity contribution in [3.63, 3.8) is 0 Å². The van der Waals surface area contributed by atoms with Crippen molar-refractivity contribution in [3.05, 3.63) is 101 Å². The van der Waals surface area contributed by atoms with Crippen LogP contribution >= 0.6 is 11.6 Å². The standard InChI is InChI=1S/C27H25ClF2N4O/c28-22-6-2-1-5-21(22)26-17-24(19-9-11-20(29)12-10-19)31-34(26)27(35)18-32-13-15-33(16-14-32)25-8-4-3-7-23(25)30/h1-12,26H,13-18H2/t26-/m0/s1. The van der Waals surface area contributed by atoms with Crippen LogP contribution < -0.4 is 4.90 Å². The number of hydrogen-bond donors (Lipinski definition) is 0. The van der Waals surface area contributed by atoms with Gasteiger partial charge in [-0.3, -0.25) is 9.69 Å². The Morgan fingerprint density at radius 3 is 2.31 bits per heavy atom. The molecule has 1 atom stereocenters. The fourth-order valence-electron chi connectivity index (χ4n) is 4.66. The van der Waals surface area contributed by atoms with E-state index in [-0.39, 0.29) is 30.1 Å². The zero-order valence-corrected chi connectivity index (χ0v) is 19.8. The van der Waals surface area contributed by atoms with Gasteiger partial charge >= 0.3 is 0 Å². The number of hydrazone groups is 1. The first-order valence-corrected chi connectivity index (χ1v) is 12.0. The Kier molecular flexibility index (Phi) is 6.79. The van der Waals surface area contributed by atoms with Crippen molar-refractivity contribution in [3.8, 4) is 0 Å². The van der Waals surface area contributed by atoms with Crippen molar-refractivity contribution in [1.82, 2.24) is 9.91 Å². The van der Waals surface area contributed by atoms with Crippen LogP contribution in [-0.4, -0.2) is 54.3 Å². The Labute approximate surface area is 208 Å². The molecule has 3 aromatic carbocycles. The topological polar surface area (TPSA) is 39.2 Å². The summed E-state index contributed by atoms with van der Waals surface area (Å²) in [5.74, 6) is -0.692. The molecule has 5 rings (SSSR count). The minimum absolute atomic E-state index is 0.133. The summed E-state index contributed by atoms with van der Waals surface area (Å²) >= 11 is 6.48. The van der Waals surface area contributed by atoms with E-state index in [1.807, 2.05) is 29.2 Å². The van der Waals surface area contributed by atoms with Crippen LogP contribution in [0.5, 0.6) is 0 Å². The van der Waals surface area contributed by atoms with E-state index in [4.69, 9.17) is 11.6 Å². The van der Waals surface area contributed by atoms with Crippen molar-refractivity contribution in [2.75, 3.05) is 37.6 Å². The number of nitrogens with zero attached hydrogens (tertiary/aromatic N) is 4. The molecule has 2 aliphatic heterocycles. The number of piperazine rings is 1. The van der Waals surface area contributed by atoms with Crippen LogP contribution in [0.4, 0.5) is 14.5 Å². The van der Waals surface area contributed by atoms with Crippen LogP contribution in [0.3, 0.4) is 0 Å². The molecule has 0 unspecified atom stereocenters. The average molecular weight is 495 g/mol. The maximum absolute atomic E-state index is 14.2. The van der Waals surface area contributed by atoms with Crippen molar-refractivity contribution in [2.45, 2.75) is 12.5 Å². The van der Waals surface area contributed by atoms with Gasteiger partial charge in [0, 0.05) is 37.6 Å². The molecular weight excluding hydrogens is 470 g/mol. The van der Waals surface area contributed by atoms with Gasteiger partial charge in [0.1, 0.15) is 11.6 Å². The number of anilines is 1. The first-order chi connectivity index (χ1) is 17.0. The minimum atomic E-state index is -0.337. The highest BCUT2D eigenvalue weighted by Crippen LogP contribution is 2.36. The Bertz CT molecular complexity index is 1240. The summed E-state index contributed by atoms with van der Waals surface area (Å²) in [6.45, 7) is 2.74. The van der Waals surface area contributed by atoms with E-state index in [0.29, 0.717) is 49.0 Å². The van der Waals surface area contributed by atoms with Gasteiger partial charge in [-0.1, -0.05) is 54.1 Å². The van der Waals surface area contributed by atoms with Gasteiger partial charge in [-0.25, -0.2) is 13.8 Å². The summed E-state index contributed by atoms with van der Waals surface area (Å²) in [5.41, 5.74) is 2.91. The van der Waals surface area contributed by atoms with Crippen molar-refractivity contribution >= 4 is 28.9 Å². The van der Waals surface area contributed by atoms with Crippen LogP contribution in [0.1, 0.15) is 23.6 Å². The third-order valence-electron chi connectivity index (χ3n) is 6.53. The molecule has 5 nitrogen and oxygen atoms in total. The zero-order chi connectivity index (χ0) is 24.4. The molecule has 0 aliphatic carbocycles. The first kappa shape index (κ1) is 23.5. The quantitative estimate of drug-likeness (QED) is 0.494. The molecule has 0 N–H and O–H groups in total. The summed E-state index contributed by atoms with van der Waals surface area (Å²) in [4.78, 5) is 17.5. The van der Waals surface area contributed by atoms with Crippen LogP contribution in [0.2, 0.25) is 5.02 Å². The largest absolute Gasteiger partial charge is 0.367 e. The number of benzene rings is 3. The highest BCUT2D eigenvalue weighted by molar-refractivity contribution is 6.31. The fraction of sp³-hybridized carbons (Fsp3) is 0.259. The molecular formula is C27H25ClF2N4O. The number of amides is 1.